The predicted octanol–water partition coefficient (Wildman–Crippen LogP) is 2.22. The van der Waals surface area contributed by atoms with Gasteiger partial charge in [0, 0.05) is 23.5 Å². The van der Waals surface area contributed by atoms with E-state index in [1.807, 2.05) is 49.6 Å². The van der Waals surface area contributed by atoms with E-state index >= 15 is 0 Å². The minimum absolute atomic E-state index is 0.248. The third kappa shape index (κ3) is 2.18. The van der Waals surface area contributed by atoms with E-state index in [-0.39, 0.29) is 5.95 Å². The number of aromatic nitrogens is 4. The van der Waals surface area contributed by atoms with Crippen LogP contribution >= 0.6 is 0 Å². The summed E-state index contributed by atoms with van der Waals surface area (Å²) < 4.78 is 1.72. The Hall–Kier alpha value is -2.69. The van der Waals surface area contributed by atoms with E-state index in [1.165, 1.54) is 0 Å². The number of nitrogens with two attached hydrogens (primary N) is 1. The maximum absolute atomic E-state index is 5.62. The Morgan fingerprint density at radius 2 is 1.84 bits per heavy atom. The molecule has 0 spiro atoms. The second kappa shape index (κ2) is 4.53. The van der Waals surface area contributed by atoms with Crippen LogP contribution in [0.1, 0.15) is 5.56 Å². The Balaban J connectivity index is 2.04. The Bertz CT molecular complexity index is 703. The summed E-state index contributed by atoms with van der Waals surface area (Å²) in [6.07, 6.45) is 5.44. The van der Waals surface area contributed by atoms with Crippen molar-refractivity contribution in [1.82, 2.24) is 19.7 Å². The van der Waals surface area contributed by atoms with Gasteiger partial charge < -0.3 is 5.73 Å². The molecule has 0 aliphatic rings. The number of benzene rings is 1. The highest BCUT2D eigenvalue weighted by molar-refractivity contribution is 5.62. The minimum Gasteiger partial charge on any atom is -0.368 e. The summed E-state index contributed by atoms with van der Waals surface area (Å²) in [5, 5.41) is 4.34. The molecule has 19 heavy (non-hydrogen) atoms. The normalized spacial score (nSPS) is 10.6. The molecule has 0 bridgehead atoms. The fourth-order valence-corrected chi connectivity index (χ4v) is 1.90. The molecule has 0 saturated carbocycles. The van der Waals surface area contributed by atoms with Crippen molar-refractivity contribution in [2.24, 2.45) is 0 Å². The number of anilines is 1. The third-order valence-electron chi connectivity index (χ3n) is 2.87. The zero-order valence-corrected chi connectivity index (χ0v) is 10.5. The maximum Gasteiger partial charge on any atom is 0.222 e. The first kappa shape index (κ1) is 11.4. The van der Waals surface area contributed by atoms with Crippen LogP contribution in [-0.4, -0.2) is 19.7 Å². The summed E-state index contributed by atoms with van der Waals surface area (Å²) in [6, 6.07) is 10.1. The number of rotatable bonds is 2. The highest BCUT2D eigenvalue weighted by Gasteiger charge is 2.07. The average Bonchev–Trinajstić information content (AvgIpc) is 2.92. The van der Waals surface area contributed by atoms with Crippen molar-refractivity contribution in [3.8, 4) is 16.9 Å². The molecule has 2 N–H and O–H groups in total. The zero-order chi connectivity index (χ0) is 13.2. The van der Waals surface area contributed by atoms with Gasteiger partial charge in [0.2, 0.25) is 5.95 Å². The number of hydrogen-bond donors (Lipinski definition) is 1. The topological polar surface area (TPSA) is 69.6 Å². The van der Waals surface area contributed by atoms with E-state index < -0.39 is 0 Å². The molecule has 3 rings (SSSR count). The van der Waals surface area contributed by atoms with E-state index in [1.54, 1.807) is 10.9 Å². The Morgan fingerprint density at radius 1 is 1.05 bits per heavy atom. The number of aryl methyl sites for hydroxylation is 1. The monoisotopic (exact) mass is 251 g/mol. The molecule has 0 atom stereocenters. The standard InChI is InChI=1S/C14H13N5/c1-10-7-16-14(15)18-13(10)19-9-12(8-17-19)11-5-3-2-4-6-11/h2-9H,1H3,(H2,15,16,18). The largest absolute Gasteiger partial charge is 0.368 e. The van der Waals surface area contributed by atoms with E-state index in [0.717, 1.165) is 16.7 Å². The van der Waals surface area contributed by atoms with Crippen LogP contribution in [0.2, 0.25) is 0 Å². The average molecular weight is 251 g/mol. The summed E-state index contributed by atoms with van der Waals surface area (Å²) >= 11 is 0. The van der Waals surface area contributed by atoms with Crippen molar-refractivity contribution in [3.05, 3.63) is 54.5 Å². The van der Waals surface area contributed by atoms with Crippen LogP contribution in [0.25, 0.3) is 16.9 Å². The van der Waals surface area contributed by atoms with Gasteiger partial charge in [0.25, 0.3) is 0 Å². The molecular weight excluding hydrogens is 238 g/mol. The summed E-state index contributed by atoms with van der Waals surface area (Å²) in [5.41, 5.74) is 8.71. The van der Waals surface area contributed by atoms with Crippen LogP contribution in [0.5, 0.6) is 0 Å². The molecule has 1 aromatic carbocycles. The van der Waals surface area contributed by atoms with Gasteiger partial charge in [-0.15, -0.1) is 0 Å². The van der Waals surface area contributed by atoms with E-state index in [9.17, 15) is 0 Å². The van der Waals surface area contributed by atoms with Gasteiger partial charge in [-0.2, -0.15) is 10.1 Å². The lowest BCUT2D eigenvalue weighted by atomic mass is 10.1. The van der Waals surface area contributed by atoms with Crippen molar-refractivity contribution in [2.75, 3.05) is 5.73 Å². The highest BCUT2D eigenvalue weighted by Crippen LogP contribution is 2.20. The number of hydrogen-bond acceptors (Lipinski definition) is 4. The predicted molar refractivity (Wildman–Crippen MR) is 73.7 cm³/mol. The molecule has 0 aliphatic carbocycles. The molecule has 5 nitrogen and oxygen atoms in total. The van der Waals surface area contributed by atoms with Gasteiger partial charge in [0.1, 0.15) is 0 Å². The first-order chi connectivity index (χ1) is 9.24. The van der Waals surface area contributed by atoms with Crippen molar-refractivity contribution >= 4 is 5.95 Å². The fourth-order valence-electron chi connectivity index (χ4n) is 1.90. The second-order valence-electron chi connectivity index (χ2n) is 4.27. The molecule has 0 fully saturated rings. The van der Waals surface area contributed by atoms with Gasteiger partial charge in [-0.05, 0) is 12.5 Å². The van der Waals surface area contributed by atoms with Gasteiger partial charge in [-0.25, -0.2) is 9.67 Å². The summed E-state index contributed by atoms with van der Waals surface area (Å²) in [7, 11) is 0. The molecule has 5 heteroatoms. The lowest BCUT2D eigenvalue weighted by molar-refractivity contribution is 0.832. The number of nitrogen functional groups attached to an aromatic ring is 1. The molecule has 94 valence electrons. The van der Waals surface area contributed by atoms with E-state index in [4.69, 9.17) is 5.73 Å². The molecular formula is C14H13N5. The van der Waals surface area contributed by atoms with Crippen LogP contribution in [0, 0.1) is 6.92 Å². The number of nitrogens with zero attached hydrogens (tertiary/aromatic N) is 4. The van der Waals surface area contributed by atoms with Gasteiger partial charge in [0.15, 0.2) is 5.82 Å². The molecule has 2 heterocycles. The minimum atomic E-state index is 0.248. The zero-order valence-electron chi connectivity index (χ0n) is 10.5. The van der Waals surface area contributed by atoms with Crippen LogP contribution in [0.4, 0.5) is 5.95 Å². The quantitative estimate of drug-likeness (QED) is 0.758. The van der Waals surface area contributed by atoms with Crippen molar-refractivity contribution < 1.29 is 0 Å². The molecule has 2 aromatic heterocycles. The smallest absolute Gasteiger partial charge is 0.222 e. The first-order valence-electron chi connectivity index (χ1n) is 5.93. The molecule has 3 aromatic rings. The molecule has 0 amide bonds. The van der Waals surface area contributed by atoms with Crippen molar-refractivity contribution in [2.45, 2.75) is 6.92 Å². The van der Waals surface area contributed by atoms with Crippen LogP contribution < -0.4 is 5.73 Å². The molecule has 0 radical (unpaired) electrons. The third-order valence-corrected chi connectivity index (χ3v) is 2.87. The second-order valence-corrected chi connectivity index (χ2v) is 4.27. The summed E-state index contributed by atoms with van der Waals surface area (Å²) in [4.78, 5) is 8.17. The SMILES string of the molecule is Cc1cnc(N)nc1-n1cc(-c2ccccc2)cn1. The Labute approximate surface area is 110 Å². The van der Waals surface area contributed by atoms with E-state index in [0.29, 0.717) is 5.82 Å². The van der Waals surface area contributed by atoms with Crippen LogP contribution in [0.15, 0.2) is 48.9 Å². The van der Waals surface area contributed by atoms with Gasteiger partial charge in [-0.1, -0.05) is 30.3 Å². The van der Waals surface area contributed by atoms with Crippen LogP contribution in [-0.2, 0) is 0 Å². The summed E-state index contributed by atoms with van der Waals surface area (Å²) in [6.45, 7) is 1.93. The molecule has 0 saturated heterocycles. The first-order valence-corrected chi connectivity index (χ1v) is 5.93. The van der Waals surface area contributed by atoms with Gasteiger partial charge >= 0.3 is 0 Å². The van der Waals surface area contributed by atoms with Gasteiger partial charge in [-0.3, -0.25) is 0 Å². The van der Waals surface area contributed by atoms with Crippen molar-refractivity contribution in [1.29, 1.82) is 0 Å². The Morgan fingerprint density at radius 3 is 2.63 bits per heavy atom. The fraction of sp³-hybridized carbons (Fsp3) is 0.0714. The molecule has 0 aliphatic heterocycles. The lowest BCUT2D eigenvalue weighted by Crippen LogP contribution is -2.05. The van der Waals surface area contributed by atoms with E-state index in [2.05, 4.69) is 15.1 Å². The molecule has 0 unspecified atom stereocenters. The Kier molecular flexibility index (Phi) is 2.72. The van der Waals surface area contributed by atoms with Gasteiger partial charge in [0.05, 0.1) is 6.20 Å². The maximum atomic E-state index is 5.62. The summed E-state index contributed by atoms with van der Waals surface area (Å²) in [5.74, 6) is 0.951. The van der Waals surface area contributed by atoms with Crippen molar-refractivity contribution in [3.63, 3.8) is 0 Å². The highest BCUT2D eigenvalue weighted by atomic mass is 15.3. The van der Waals surface area contributed by atoms with Crippen LogP contribution in [0.3, 0.4) is 0 Å². The lowest BCUT2D eigenvalue weighted by Gasteiger charge is -2.04.